The molecule has 2 rings (SSSR count). The highest BCUT2D eigenvalue weighted by molar-refractivity contribution is 7.13. The lowest BCUT2D eigenvalue weighted by Gasteiger charge is -2.13. The van der Waals surface area contributed by atoms with E-state index in [0.29, 0.717) is 18.2 Å². The zero-order chi connectivity index (χ0) is 15.9. The molecule has 0 bridgehead atoms. The van der Waals surface area contributed by atoms with E-state index in [4.69, 9.17) is 9.15 Å². The first kappa shape index (κ1) is 16.7. The van der Waals surface area contributed by atoms with E-state index < -0.39 is 6.10 Å². The van der Waals surface area contributed by atoms with Gasteiger partial charge in [0.1, 0.15) is 17.0 Å². The molecule has 0 radical (unpaired) electrons. The van der Waals surface area contributed by atoms with E-state index in [2.05, 4.69) is 10.3 Å². The van der Waals surface area contributed by atoms with Gasteiger partial charge in [-0.1, -0.05) is 13.8 Å². The lowest BCUT2D eigenvalue weighted by molar-refractivity contribution is 0.0259. The van der Waals surface area contributed by atoms with Crippen molar-refractivity contribution in [3.05, 3.63) is 29.7 Å². The summed E-state index contributed by atoms with van der Waals surface area (Å²) >= 11 is 1.37. The molecule has 2 aromatic rings. The first-order valence-electron chi connectivity index (χ1n) is 7.08. The molecule has 1 atom stereocenters. The number of amides is 1. The van der Waals surface area contributed by atoms with Crippen molar-refractivity contribution in [2.45, 2.75) is 20.0 Å². The van der Waals surface area contributed by atoms with Crippen molar-refractivity contribution in [3.63, 3.8) is 0 Å². The maximum absolute atomic E-state index is 12.0. The van der Waals surface area contributed by atoms with Crippen LogP contribution in [-0.4, -0.2) is 41.9 Å². The molecule has 2 aromatic heterocycles. The number of nitrogens with one attached hydrogen (secondary N) is 1. The van der Waals surface area contributed by atoms with E-state index in [1.165, 1.54) is 11.3 Å². The number of furan rings is 1. The summed E-state index contributed by atoms with van der Waals surface area (Å²) in [6.07, 6.45) is 2.41. The van der Waals surface area contributed by atoms with Gasteiger partial charge in [-0.2, -0.15) is 0 Å². The Morgan fingerprint density at radius 3 is 3.00 bits per heavy atom. The number of hydrogen-bond acceptors (Lipinski definition) is 6. The number of nitrogens with zero attached hydrogens (tertiary/aromatic N) is 1. The van der Waals surface area contributed by atoms with Crippen molar-refractivity contribution in [2.24, 2.45) is 5.92 Å². The summed E-state index contributed by atoms with van der Waals surface area (Å²) in [5.41, 5.74) is 1.17. The summed E-state index contributed by atoms with van der Waals surface area (Å²) in [4.78, 5) is 16.2. The minimum absolute atomic E-state index is 0.134. The number of hydrogen-bond donors (Lipinski definition) is 2. The Labute approximate surface area is 133 Å². The largest absolute Gasteiger partial charge is 0.472 e. The Balaban J connectivity index is 1.78. The fraction of sp³-hybridized carbons (Fsp3) is 0.467. The Morgan fingerprint density at radius 1 is 1.50 bits per heavy atom. The first-order chi connectivity index (χ1) is 10.6. The molecule has 2 heterocycles. The van der Waals surface area contributed by atoms with Gasteiger partial charge in [0, 0.05) is 24.1 Å². The summed E-state index contributed by atoms with van der Waals surface area (Å²) in [5.74, 6) is 0.104. The Kier molecular flexibility index (Phi) is 6.11. The second-order valence-electron chi connectivity index (χ2n) is 5.35. The number of carbonyl (C=O) groups excluding carboxylic acids is 1. The Hall–Kier alpha value is -1.70. The number of thiazole rings is 1. The summed E-state index contributed by atoms with van der Waals surface area (Å²) in [7, 11) is 0. The zero-order valence-electron chi connectivity index (χ0n) is 12.6. The van der Waals surface area contributed by atoms with Gasteiger partial charge in [0.15, 0.2) is 0 Å². The van der Waals surface area contributed by atoms with Crippen LogP contribution >= 0.6 is 11.3 Å². The van der Waals surface area contributed by atoms with E-state index in [0.717, 1.165) is 10.6 Å². The second-order valence-corrected chi connectivity index (χ2v) is 6.20. The third-order valence-electron chi connectivity index (χ3n) is 2.76. The van der Waals surface area contributed by atoms with Crippen LogP contribution in [0.25, 0.3) is 10.6 Å². The smallest absolute Gasteiger partial charge is 0.270 e. The van der Waals surface area contributed by atoms with E-state index in [9.17, 15) is 9.90 Å². The normalized spacial score (nSPS) is 12.5. The molecule has 6 nitrogen and oxygen atoms in total. The first-order valence-corrected chi connectivity index (χ1v) is 7.96. The van der Waals surface area contributed by atoms with Crippen molar-refractivity contribution < 1.29 is 19.1 Å². The minimum Gasteiger partial charge on any atom is -0.472 e. The van der Waals surface area contributed by atoms with Gasteiger partial charge in [0.2, 0.25) is 0 Å². The zero-order valence-corrected chi connectivity index (χ0v) is 13.4. The fourth-order valence-corrected chi connectivity index (χ4v) is 2.48. The fourth-order valence-electron chi connectivity index (χ4n) is 1.70. The van der Waals surface area contributed by atoms with Crippen LogP contribution in [0.1, 0.15) is 24.3 Å². The maximum Gasteiger partial charge on any atom is 0.270 e. The van der Waals surface area contributed by atoms with Gasteiger partial charge in [0.25, 0.3) is 5.91 Å². The van der Waals surface area contributed by atoms with Crippen molar-refractivity contribution in [3.8, 4) is 10.6 Å². The molecule has 120 valence electrons. The molecule has 0 aliphatic rings. The van der Waals surface area contributed by atoms with Gasteiger partial charge in [-0.15, -0.1) is 11.3 Å². The van der Waals surface area contributed by atoms with Gasteiger partial charge >= 0.3 is 0 Å². The van der Waals surface area contributed by atoms with Crippen LogP contribution in [-0.2, 0) is 4.74 Å². The van der Waals surface area contributed by atoms with E-state index in [1.807, 2.05) is 13.8 Å². The molecule has 7 heteroatoms. The van der Waals surface area contributed by atoms with Crippen molar-refractivity contribution in [2.75, 3.05) is 19.8 Å². The number of ether oxygens (including phenoxy) is 1. The number of rotatable bonds is 8. The van der Waals surface area contributed by atoms with Crippen LogP contribution in [0.5, 0.6) is 0 Å². The lowest BCUT2D eigenvalue weighted by Crippen LogP contribution is -2.35. The molecule has 1 amide bonds. The summed E-state index contributed by atoms with van der Waals surface area (Å²) in [5, 5.41) is 14.8. The Bertz CT molecular complexity index is 580. The molecule has 0 aliphatic carbocycles. The van der Waals surface area contributed by atoms with Crippen LogP contribution in [0.2, 0.25) is 0 Å². The van der Waals surface area contributed by atoms with E-state index in [1.54, 1.807) is 24.0 Å². The number of aliphatic hydroxyl groups excluding tert-OH is 1. The second kappa shape index (κ2) is 8.07. The predicted molar refractivity (Wildman–Crippen MR) is 83.8 cm³/mol. The molecule has 1 unspecified atom stereocenters. The number of aliphatic hydroxyl groups is 1. The lowest BCUT2D eigenvalue weighted by atomic mass is 10.2. The minimum atomic E-state index is -0.727. The van der Waals surface area contributed by atoms with Gasteiger partial charge in [-0.3, -0.25) is 4.79 Å². The molecule has 2 N–H and O–H groups in total. The predicted octanol–water partition coefficient (Wildman–Crippen LogP) is 2.17. The van der Waals surface area contributed by atoms with Crippen LogP contribution < -0.4 is 5.32 Å². The third kappa shape index (κ3) is 4.94. The molecule has 0 fully saturated rings. The molecule has 0 aliphatic heterocycles. The standard InChI is InChI=1S/C15H20N2O4S/c1-10(2)6-21-8-12(18)5-16-14(19)13-9-22-15(17-13)11-3-4-20-7-11/h3-4,7,9-10,12,18H,5-6,8H2,1-2H3,(H,16,19). The molecule has 0 spiro atoms. The highest BCUT2D eigenvalue weighted by Gasteiger charge is 2.14. The van der Waals surface area contributed by atoms with E-state index in [-0.39, 0.29) is 19.1 Å². The van der Waals surface area contributed by atoms with Crippen LogP contribution in [0.3, 0.4) is 0 Å². The van der Waals surface area contributed by atoms with Crippen molar-refractivity contribution in [1.29, 1.82) is 0 Å². The summed E-state index contributed by atoms with van der Waals surface area (Å²) in [6.45, 7) is 5.00. The van der Waals surface area contributed by atoms with E-state index >= 15 is 0 Å². The van der Waals surface area contributed by atoms with Gasteiger partial charge in [0.05, 0.1) is 19.0 Å². The van der Waals surface area contributed by atoms with Crippen LogP contribution in [0.4, 0.5) is 0 Å². The highest BCUT2D eigenvalue weighted by Crippen LogP contribution is 2.23. The molecule has 0 aromatic carbocycles. The SMILES string of the molecule is CC(C)COCC(O)CNC(=O)c1csc(-c2ccoc2)n1. The molecular formula is C15H20N2O4S. The average Bonchev–Trinajstić information content (AvgIpc) is 3.14. The molecule has 22 heavy (non-hydrogen) atoms. The van der Waals surface area contributed by atoms with Gasteiger partial charge < -0.3 is 19.6 Å². The monoisotopic (exact) mass is 324 g/mol. The third-order valence-corrected chi connectivity index (χ3v) is 3.66. The van der Waals surface area contributed by atoms with Gasteiger partial charge in [-0.25, -0.2) is 4.98 Å². The topological polar surface area (TPSA) is 84.6 Å². The number of carbonyl (C=O) groups is 1. The maximum atomic E-state index is 12.0. The molecule has 0 saturated carbocycles. The quantitative estimate of drug-likeness (QED) is 0.777. The number of aromatic nitrogens is 1. The van der Waals surface area contributed by atoms with Gasteiger partial charge in [-0.05, 0) is 12.0 Å². The Morgan fingerprint density at radius 2 is 2.32 bits per heavy atom. The van der Waals surface area contributed by atoms with Crippen LogP contribution in [0.15, 0.2) is 28.4 Å². The highest BCUT2D eigenvalue weighted by atomic mass is 32.1. The molecule has 0 saturated heterocycles. The summed E-state index contributed by atoms with van der Waals surface area (Å²) < 4.78 is 10.3. The van der Waals surface area contributed by atoms with Crippen molar-refractivity contribution in [1.82, 2.24) is 10.3 Å². The van der Waals surface area contributed by atoms with Crippen molar-refractivity contribution >= 4 is 17.2 Å². The average molecular weight is 324 g/mol. The summed E-state index contributed by atoms with van der Waals surface area (Å²) in [6, 6.07) is 1.79. The molecular weight excluding hydrogens is 304 g/mol. The van der Waals surface area contributed by atoms with Crippen LogP contribution in [0, 0.1) is 5.92 Å².